The zero-order valence-corrected chi connectivity index (χ0v) is 17.1. The molecule has 1 heterocycles. The summed E-state index contributed by atoms with van der Waals surface area (Å²) in [5, 5.41) is 10.3. The Bertz CT molecular complexity index is 1110. The number of anilines is 1. The predicted molar refractivity (Wildman–Crippen MR) is 118 cm³/mol. The van der Waals surface area contributed by atoms with Crippen molar-refractivity contribution in [1.29, 1.82) is 0 Å². The average Bonchev–Trinajstić information content (AvgIpc) is 3.29. The molecule has 0 atom stereocenters. The van der Waals surface area contributed by atoms with Crippen LogP contribution in [0, 0.1) is 6.92 Å². The lowest BCUT2D eigenvalue weighted by Gasteiger charge is -2.11. The molecule has 0 spiro atoms. The molecular formula is C23H20N4O2S. The normalized spacial score (nSPS) is 10.6. The summed E-state index contributed by atoms with van der Waals surface area (Å²) in [5.41, 5.74) is 3.44. The Morgan fingerprint density at radius 2 is 1.70 bits per heavy atom. The number of aromatic amines is 1. The van der Waals surface area contributed by atoms with Gasteiger partial charge in [-0.05, 0) is 55.0 Å². The fourth-order valence-corrected chi connectivity index (χ4v) is 3.61. The van der Waals surface area contributed by atoms with Crippen LogP contribution < -0.4 is 10.1 Å². The summed E-state index contributed by atoms with van der Waals surface area (Å²) < 4.78 is 5.83. The molecule has 0 saturated heterocycles. The molecule has 0 saturated carbocycles. The third-order valence-corrected chi connectivity index (χ3v) is 5.31. The van der Waals surface area contributed by atoms with Gasteiger partial charge in [0.15, 0.2) is 5.16 Å². The third-order valence-electron chi connectivity index (χ3n) is 4.39. The molecular weight excluding hydrogens is 396 g/mol. The Balaban J connectivity index is 1.40. The standard InChI is InChI=1S/C23H20N4O2S/c1-16-6-10-19(11-7-16)29-20-12-8-18(9-13-20)26-22(28)21-5-3-2-4-17(21)14-30-23-24-15-25-27-23/h2-13,15H,14H2,1H3,(H,26,28)(H,24,25,27). The van der Waals surface area contributed by atoms with Crippen LogP contribution in [-0.2, 0) is 5.75 Å². The summed E-state index contributed by atoms with van der Waals surface area (Å²) in [6.45, 7) is 2.03. The van der Waals surface area contributed by atoms with Crippen LogP contribution >= 0.6 is 11.8 Å². The van der Waals surface area contributed by atoms with Crippen LogP contribution in [-0.4, -0.2) is 21.1 Å². The van der Waals surface area contributed by atoms with Gasteiger partial charge in [0.1, 0.15) is 17.8 Å². The van der Waals surface area contributed by atoms with Crippen molar-refractivity contribution in [2.45, 2.75) is 17.8 Å². The van der Waals surface area contributed by atoms with Gasteiger partial charge >= 0.3 is 0 Å². The highest BCUT2D eigenvalue weighted by molar-refractivity contribution is 7.98. The number of thioether (sulfide) groups is 1. The maximum Gasteiger partial charge on any atom is 0.255 e. The van der Waals surface area contributed by atoms with E-state index >= 15 is 0 Å². The van der Waals surface area contributed by atoms with Crippen LogP contribution in [0.5, 0.6) is 11.5 Å². The first-order valence-electron chi connectivity index (χ1n) is 9.39. The quantitative estimate of drug-likeness (QED) is 0.392. The molecule has 7 heteroatoms. The third kappa shape index (κ3) is 5.07. The molecule has 0 fully saturated rings. The van der Waals surface area contributed by atoms with E-state index in [0.29, 0.717) is 22.8 Å². The lowest BCUT2D eigenvalue weighted by molar-refractivity contribution is 0.102. The summed E-state index contributed by atoms with van der Waals surface area (Å²) in [7, 11) is 0. The van der Waals surface area contributed by atoms with Gasteiger partial charge in [-0.3, -0.25) is 9.89 Å². The Labute approximate surface area is 178 Å². The summed E-state index contributed by atoms with van der Waals surface area (Å²) in [5.74, 6) is 1.94. The number of hydrogen-bond donors (Lipinski definition) is 2. The van der Waals surface area contributed by atoms with Crippen molar-refractivity contribution >= 4 is 23.4 Å². The first-order valence-corrected chi connectivity index (χ1v) is 10.4. The fraction of sp³-hybridized carbons (Fsp3) is 0.0870. The monoisotopic (exact) mass is 416 g/mol. The first kappa shape index (κ1) is 19.7. The van der Waals surface area contributed by atoms with Crippen molar-refractivity contribution in [3.63, 3.8) is 0 Å². The van der Waals surface area contributed by atoms with Gasteiger partial charge < -0.3 is 10.1 Å². The highest BCUT2D eigenvalue weighted by atomic mass is 32.2. The van der Waals surface area contributed by atoms with Gasteiger partial charge in [-0.1, -0.05) is 47.7 Å². The van der Waals surface area contributed by atoms with E-state index in [9.17, 15) is 4.79 Å². The number of aryl methyl sites for hydroxylation is 1. The number of hydrogen-bond acceptors (Lipinski definition) is 5. The molecule has 1 amide bonds. The zero-order chi connectivity index (χ0) is 20.8. The average molecular weight is 417 g/mol. The number of H-pyrrole nitrogens is 1. The summed E-state index contributed by atoms with van der Waals surface area (Å²) in [6.07, 6.45) is 1.47. The largest absolute Gasteiger partial charge is 0.457 e. The summed E-state index contributed by atoms with van der Waals surface area (Å²) >= 11 is 1.50. The number of nitrogens with zero attached hydrogens (tertiary/aromatic N) is 2. The summed E-state index contributed by atoms with van der Waals surface area (Å²) in [4.78, 5) is 16.9. The Morgan fingerprint density at radius 3 is 2.40 bits per heavy atom. The summed E-state index contributed by atoms with van der Waals surface area (Å²) in [6, 6.07) is 22.7. The van der Waals surface area contributed by atoms with Crippen LogP contribution in [0.2, 0.25) is 0 Å². The molecule has 0 aliphatic carbocycles. The van der Waals surface area contributed by atoms with Crippen LogP contribution in [0.1, 0.15) is 21.5 Å². The predicted octanol–water partition coefficient (Wildman–Crippen LogP) is 5.45. The number of amides is 1. The molecule has 0 bridgehead atoms. The van der Waals surface area contributed by atoms with E-state index in [1.807, 2.05) is 79.7 Å². The maximum absolute atomic E-state index is 12.8. The van der Waals surface area contributed by atoms with Gasteiger partial charge in [0.05, 0.1) is 0 Å². The van der Waals surface area contributed by atoms with Gasteiger partial charge in [0.25, 0.3) is 5.91 Å². The van der Waals surface area contributed by atoms with Gasteiger partial charge in [-0.15, -0.1) is 0 Å². The number of aromatic nitrogens is 3. The molecule has 0 aliphatic rings. The maximum atomic E-state index is 12.8. The number of nitrogens with one attached hydrogen (secondary N) is 2. The van der Waals surface area contributed by atoms with E-state index in [-0.39, 0.29) is 5.91 Å². The molecule has 0 unspecified atom stereocenters. The van der Waals surface area contributed by atoms with E-state index in [1.165, 1.54) is 23.7 Å². The molecule has 0 aliphatic heterocycles. The smallest absolute Gasteiger partial charge is 0.255 e. The molecule has 150 valence electrons. The van der Waals surface area contributed by atoms with Crippen molar-refractivity contribution in [2.75, 3.05) is 5.32 Å². The molecule has 4 rings (SSSR count). The number of benzene rings is 3. The Morgan fingerprint density at radius 1 is 1.00 bits per heavy atom. The van der Waals surface area contributed by atoms with Crippen molar-refractivity contribution < 1.29 is 9.53 Å². The van der Waals surface area contributed by atoms with Gasteiger partial charge in [0, 0.05) is 17.0 Å². The Kier molecular flexibility index (Phi) is 6.10. The number of carbonyl (C=O) groups is 1. The lowest BCUT2D eigenvalue weighted by Crippen LogP contribution is -2.14. The molecule has 30 heavy (non-hydrogen) atoms. The Hall–Kier alpha value is -3.58. The van der Waals surface area contributed by atoms with E-state index in [4.69, 9.17) is 4.74 Å². The lowest BCUT2D eigenvalue weighted by atomic mass is 10.1. The highest BCUT2D eigenvalue weighted by Crippen LogP contribution is 2.25. The number of ether oxygens (including phenoxy) is 1. The number of carbonyl (C=O) groups excluding carboxylic acids is 1. The fourth-order valence-electron chi connectivity index (χ4n) is 2.82. The first-order chi connectivity index (χ1) is 14.7. The van der Waals surface area contributed by atoms with Crippen molar-refractivity contribution in [1.82, 2.24) is 15.2 Å². The van der Waals surface area contributed by atoms with Gasteiger partial charge in [0.2, 0.25) is 0 Å². The zero-order valence-electron chi connectivity index (χ0n) is 16.3. The molecule has 1 aromatic heterocycles. The second-order valence-corrected chi connectivity index (χ2v) is 7.59. The molecule has 6 nitrogen and oxygen atoms in total. The minimum Gasteiger partial charge on any atom is -0.457 e. The number of rotatable bonds is 7. The SMILES string of the molecule is Cc1ccc(Oc2ccc(NC(=O)c3ccccc3CSc3ncn[nH]3)cc2)cc1. The van der Waals surface area contributed by atoms with Crippen LogP contribution in [0.15, 0.2) is 84.3 Å². The minimum absolute atomic E-state index is 0.157. The second-order valence-electron chi connectivity index (χ2n) is 6.63. The molecule has 3 aromatic carbocycles. The van der Waals surface area contributed by atoms with Crippen LogP contribution in [0.3, 0.4) is 0 Å². The van der Waals surface area contributed by atoms with Gasteiger partial charge in [-0.2, -0.15) is 5.10 Å². The highest BCUT2D eigenvalue weighted by Gasteiger charge is 2.12. The van der Waals surface area contributed by atoms with Crippen LogP contribution in [0.25, 0.3) is 0 Å². The van der Waals surface area contributed by atoms with E-state index in [1.54, 1.807) is 0 Å². The van der Waals surface area contributed by atoms with E-state index < -0.39 is 0 Å². The van der Waals surface area contributed by atoms with Crippen molar-refractivity contribution in [3.05, 3.63) is 95.8 Å². The molecule has 2 N–H and O–H groups in total. The van der Waals surface area contributed by atoms with Crippen LogP contribution in [0.4, 0.5) is 5.69 Å². The van der Waals surface area contributed by atoms with E-state index in [0.717, 1.165) is 16.5 Å². The molecule has 0 radical (unpaired) electrons. The molecule has 4 aromatic rings. The van der Waals surface area contributed by atoms with Crippen molar-refractivity contribution in [3.8, 4) is 11.5 Å². The second kappa shape index (κ2) is 9.28. The van der Waals surface area contributed by atoms with E-state index in [2.05, 4.69) is 20.5 Å². The minimum atomic E-state index is -0.157. The topological polar surface area (TPSA) is 79.9 Å². The van der Waals surface area contributed by atoms with Gasteiger partial charge in [-0.25, -0.2) is 4.98 Å². The van der Waals surface area contributed by atoms with Crippen molar-refractivity contribution in [2.24, 2.45) is 0 Å².